The van der Waals surface area contributed by atoms with Crippen molar-refractivity contribution >= 4 is 12.0 Å². The molecule has 1 unspecified atom stereocenters. The second-order valence-corrected chi connectivity index (χ2v) is 6.28. The van der Waals surface area contributed by atoms with Gasteiger partial charge in [0, 0.05) is 18.6 Å². The van der Waals surface area contributed by atoms with Crippen LogP contribution in [0.25, 0.3) is 0 Å². The number of amides is 2. The average molecular weight is 298 g/mol. The Hall–Kier alpha value is -1.26. The lowest BCUT2D eigenvalue weighted by Crippen LogP contribution is -2.52. The lowest BCUT2D eigenvalue weighted by Gasteiger charge is -2.34. The van der Waals surface area contributed by atoms with E-state index in [1.54, 1.807) is 4.90 Å². The fraction of sp³-hybridized carbons (Fsp3) is 0.875. The van der Waals surface area contributed by atoms with Crippen LogP contribution >= 0.6 is 0 Å². The van der Waals surface area contributed by atoms with Crippen LogP contribution < -0.4 is 5.32 Å². The topological polar surface area (TPSA) is 69.6 Å². The van der Waals surface area contributed by atoms with Crippen LogP contribution in [-0.2, 0) is 4.79 Å². The van der Waals surface area contributed by atoms with Crippen molar-refractivity contribution < 1.29 is 14.7 Å². The van der Waals surface area contributed by atoms with Gasteiger partial charge in [0.25, 0.3) is 0 Å². The molecule has 1 heterocycles. The van der Waals surface area contributed by atoms with Crippen LogP contribution in [0.5, 0.6) is 0 Å². The quantitative estimate of drug-likeness (QED) is 0.758. The van der Waals surface area contributed by atoms with E-state index < -0.39 is 11.4 Å². The summed E-state index contributed by atoms with van der Waals surface area (Å²) in [6.45, 7) is 9.09. The number of carboxylic acids is 1. The van der Waals surface area contributed by atoms with E-state index in [0.29, 0.717) is 25.9 Å². The minimum absolute atomic E-state index is 0.111. The van der Waals surface area contributed by atoms with Crippen molar-refractivity contribution in [3.63, 3.8) is 0 Å². The highest BCUT2D eigenvalue weighted by Crippen LogP contribution is 2.35. The van der Waals surface area contributed by atoms with Crippen molar-refractivity contribution in [3.05, 3.63) is 0 Å². The Bertz CT molecular complexity index is 371. The predicted octanol–water partition coefficient (Wildman–Crippen LogP) is 3.24. The summed E-state index contributed by atoms with van der Waals surface area (Å²) in [7, 11) is 0. The second kappa shape index (κ2) is 7.14. The molecule has 1 fully saturated rings. The molecule has 0 bridgehead atoms. The van der Waals surface area contributed by atoms with Crippen molar-refractivity contribution in [2.24, 2.45) is 5.41 Å². The average Bonchev–Trinajstić information content (AvgIpc) is 2.91. The standard InChI is InChI=1S/C16H30N2O3/c1-5-9-15(13(19)20)10-11-18(12-15)14(21)17-16(6-2,7-3)8-4/h5-12H2,1-4H3,(H,17,21)(H,19,20). The van der Waals surface area contributed by atoms with Crippen LogP contribution in [0, 0.1) is 5.41 Å². The van der Waals surface area contributed by atoms with Crippen LogP contribution in [0.3, 0.4) is 0 Å². The number of likely N-dealkylation sites (tertiary alicyclic amines) is 1. The number of aliphatic carboxylic acids is 1. The van der Waals surface area contributed by atoms with Gasteiger partial charge in [0.05, 0.1) is 5.41 Å². The number of carbonyl (C=O) groups is 2. The molecule has 122 valence electrons. The molecular formula is C16H30N2O3. The van der Waals surface area contributed by atoms with Gasteiger partial charge < -0.3 is 15.3 Å². The smallest absolute Gasteiger partial charge is 0.317 e. The number of urea groups is 1. The third kappa shape index (κ3) is 3.69. The van der Waals surface area contributed by atoms with Crippen LogP contribution in [-0.4, -0.2) is 40.6 Å². The van der Waals surface area contributed by atoms with E-state index in [0.717, 1.165) is 25.7 Å². The molecule has 1 aliphatic heterocycles. The van der Waals surface area contributed by atoms with Crippen LogP contribution in [0.2, 0.25) is 0 Å². The van der Waals surface area contributed by atoms with Gasteiger partial charge in [-0.1, -0.05) is 34.1 Å². The summed E-state index contributed by atoms with van der Waals surface area (Å²) in [6, 6.07) is -0.111. The summed E-state index contributed by atoms with van der Waals surface area (Å²) in [5.74, 6) is -0.771. The summed E-state index contributed by atoms with van der Waals surface area (Å²) < 4.78 is 0. The van der Waals surface area contributed by atoms with Gasteiger partial charge in [0.15, 0.2) is 0 Å². The third-order valence-corrected chi connectivity index (χ3v) is 5.23. The third-order valence-electron chi connectivity index (χ3n) is 5.23. The molecule has 5 nitrogen and oxygen atoms in total. The zero-order valence-corrected chi connectivity index (χ0v) is 13.9. The molecule has 0 aromatic rings. The minimum atomic E-state index is -0.771. The fourth-order valence-electron chi connectivity index (χ4n) is 3.33. The van der Waals surface area contributed by atoms with Crippen molar-refractivity contribution in [2.45, 2.75) is 71.8 Å². The molecule has 2 amide bonds. The monoisotopic (exact) mass is 298 g/mol. The maximum absolute atomic E-state index is 12.5. The van der Waals surface area contributed by atoms with E-state index in [-0.39, 0.29) is 11.6 Å². The molecule has 1 saturated heterocycles. The van der Waals surface area contributed by atoms with E-state index in [1.807, 2.05) is 6.92 Å². The van der Waals surface area contributed by atoms with Gasteiger partial charge in [-0.25, -0.2) is 4.79 Å². The highest BCUT2D eigenvalue weighted by Gasteiger charge is 2.46. The highest BCUT2D eigenvalue weighted by molar-refractivity contribution is 5.80. The molecule has 0 aromatic carbocycles. The molecule has 0 saturated carbocycles. The number of nitrogens with zero attached hydrogens (tertiary/aromatic N) is 1. The largest absolute Gasteiger partial charge is 0.481 e. The van der Waals surface area contributed by atoms with Gasteiger partial charge in [-0.15, -0.1) is 0 Å². The molecule has 0 aliphatic carbocycles. The molecule has 1 aliphatic rings. The molecule has 21 heavy (non-hydrogen) atoms. The van der Waals surface area contributed by atoms with Crippen molar-refractivity contribution in [3.8, 4) is 0 Å². The Kier molecular flexibility index (Phi) is 6.05. The molecule has 0 radical (unpaired) electrons. The minimum Gasteiger partial charge on any atom is -0.481 e. The van der Waals surface area contributed by atoms with Gasteiger partial charge in [-0.2, -0.15) is 0 Å². The first-order valence-electron chi connectivity index (χ1n) is 8.19. The molecule has 0 spiro atoms. The summed E-state index contributed by atoms with van der Waals surface area (Å²) in [5.41, 5.74) is -0.921. The van der Waals surface area contributed by atoms with Gasteiger partial charge in [0.2, 0.25) is 0 Å². The molecule has 0 aromatic heterocycles. The van der Waals surface area contributed by atoms with Crippen LogP contribution in [0.1, 0.15) is 66.2 Å². The molecule has 1 atom stereocenters. The number of rotatable bonds is 7. The van der Waals surface area contributed by atoms with Gasteiger partial charge in [-0.3, -0.25) is 4.79 Å². The van der Waals surface area contributed by atoms with Crippen LogP contribution in [0.4, 0.5) is 4.79 Å². The van der Waals surface area contributed by atoms with E-state index >= 15 is 0 Å². The number of nitrogens with one attached hydrogen (secondary N) is 1. The second-order valence-electron chi connectivity index (χ2n) is 6.28. The van der Waals surface area contributed by atoms with E-state index in [2.05, 4.69) is 26.1 Å². The van der Waals surface area contributed by atoms with Gasteiger partial charge in [-0.05, 0) is 32.1 Å². The summed E-state index contributed by atoms with van der Waals surface area (Å²) in [5, 5.41) is 12.6. The lowest BCUT2D eigenvalue weighted by atomic mass is 9.83. The van der Waals surface area contributed by atoms with Crippen molar-refractivity contribution in [2.75, 3.05) is 13.1 Å². The van der Waals surface area contributed by atoms with E-state index in [4.69, 9.17) is 0 Å². The predicted molar refractivity (Wildman–Crippen MR) is 83.3 cm³/mol. The maximum atomic E-state index is 12.5. The maximum Gasteiger partial charge on any atom is 0.317 e. The molecular weight excluding hydrogens is 268 g/mol. The first-order valence-corrected chi connectivity index (χ1v) is 8.19. The SMILES string of the molecule is CCCC1(C(=O)O)CCN(C(=O)NC(CC)(CC)CC)C1. The number of hydrogen-bond donors (Lipinski definition) is 2. The fourth-order valence-corrected chi connectivity index (χ4v) is 3.33. The Morgan fingerprint density at radius 2 is 1.76 bits per heavy atom. The van der Waals surface area contributed by atoms with E-state index in [1.165, 1.54) is 0 Å². The number of hydrogen-bond acceptors (Lipinski definition) is 2. The van der Waals surface area contributed by atoms with Gasteiger partial charge >= 0.3 is 12.0 Å². The van der Waals surface area contributed by atoms with Gasteiger partial charge in [0.1, 0.15) is 0 Å². The highest BCUT2D eigenvalue weighted by atomic mass is 16.4. The summed E-state index contributed by atoms with van der Waals surface area (Å²) >= 11 is 0. The van der Waals surface area contributed by atoms with Crippen LogP contribution in [0.15, 0.2) is 0 Å². The number of carbonyl (C=O) groups excluding carboxylic acids is 1. The summed E-state index contributed by atoms with van der Waals surface area (Å²) in [6.07, 6.45) is 4.67. The Balaban J connectivity index is 2.76. The lowest BCUT2D eigenvalue weighted by molar-refractivity contribution is -0.148. The first-order chi connectivity index (χ1) is 9.88. The zero-order chi connectivity index (χ0) is 16.1. The summed E-state index contributed by atoms with van der Waals surface area (Å²) in [4.78, 5) is 25.7. The van der Waals surface area contributed by atoms with Crippen molar-refractivity contribution in [1.29, 1.82) is 0 Å². The van der Waals surface area contributed by atoms with Crippen molar-refractivity contribution in [1.82, 2.24) is 10.2 Å². The first kappa shape index (κ1) is 17.8. The van der Waals surface area contributed by atoms with E-state index in [9.17, 15) is 14.7 Å². The zero-order valence-electron chi connectivity index (χ0n) is 13.9. The molecule has 1 rings (SSSR count). The Morgan fingerprint density at radius 1 is 1.19 bits per heavy atom. The normalized spacial score (nSPS) is 22.4. The number of carboxylic acid groups (broad SMARTS) is 1. The molecule has 5 heteroatoms. The molecule has 2 N–H and O–H groups in total. The Morgan fingerprint density at radius 3 is 2.19 bits per heavy atom. The Labute approximate surface area is 128 Å².